The molecule has 0 spiro atoms. The van der Waals surface area contributed by atoms with Gasteiger partial charge in [0.2, 0.25) is 11.8 Å². The van der Waals surface area contributed by atoms with Gasteiger partial charge in [0.15, 0.2) is 11.3 Å². The Morgan fingerprint density at radius 2 is 1.86 bits per heavy atom. The molecule has 5 aliphatic heterocycles. The summed E-state index contributed by atoms with van der Waals surface area (Å²) in [5.41, 5.74) is 1.77. The number of carbonyl (C=O) groups excluding carboxylic acids is 3. The van der Waals surface area contributed by atoms with Crippen molar-refractivity contribution < 1.29 is 37.0 Å². The second kappa shape index (κ2) is 16.6. The van der Waals surface area contributed by atoms with Crippen molar-refractivity contribution in [2.75, 3.05) is 61.0 Å². The summed E-state index contributed by atoms with van der Waals surface area (Å²) in [6.45, 7) is 4.13. The number of hydrogen-bond donors (Lipinski definition) is 2. The zero-order valence-electron chi connectivity index (χ0n) is 35.9. The van der Waals surface area contributed by atoms with Crippen LogP contribution in [0.25, 0.3) is 16.7 Å². The topological polar surface area (TPSA) is 178 Å². The standard InChI is InChI=1S/C44H51F3N12O6/c1-53-39-32(3-2-4-33(39)59(44(53)63)34-9-10-37(60)51-43(34)62)55-18-28(19-55)65-35-11-13-54(21-30(35)45)17-24-5-7-25(8-6-24)58-22-31(38(52-58)40(46)47)49-42(61)29-16-48-57-14-12-36(50-41(29)57)56-20-27-15-26(56)23-64-27/h2-4,12,14,16,22,24-28,30,34-35,40H,5-11,13,15,17-21,23H2,1H3,(H,49,61)(H,51,60,62)/t24?,25?,26-,27-,30+,34?,35+/m1/s1. The quantitative estimate of drug-likeness (QED) is 0.184. The molecule has 6 aliphatic rings. The maximum atomic E-state index is 15.7. The van der Waals surface area contributed by atoms with Crippen LogP contribution in [0.4, 0.5) is 30.4 Å². The summed E-state index contributed by atoms with van der Waals surface area (Å²) in [7, 11) is 1.67. The molecule has 0 radical (unpaired) electrons. The molecule has 1 aromatic carbocycles. The van der Waals surface area contributed by atoms with Gasteiger partial charge in [-0.1, -0.05) is 6.07 Å². The summed E-state index contributed by atoms with van der Waals surface area (Å²) in [5, 5.41) is 13.5. The molecule has 65 heavy (non-hydrogen) atoms. The molecule has 1 unspecified atom stereocenters. The van der Waals surface area contributed by atoms with Crippen molar-refractivity contribution in [1.82, 2.24) is 43.7 Å². The summed E-state index contributed by atoms with van der Waals surface area (Å²) in [5.74, 6) is -0.390. The number of benzene rings is 1. The van der Waals surface area contributed by atoms with Gasteiger partial charge in [0.05, 0.1) is 65.6 Å². The zero-order valence-corrected chi connectivity index (χ0v) is 35.9. The number of fused-ring (bicyclic) bond motifs is 4. The maximum Gasteiger partial charge on any atom is 0.329 e. The van der Waals surface area contributed by atoms with E-state index < -0.39 is 42.3 Å². The van der Waals surface area contributed by atoms with Crippen LogP contribution in [-0.2, 0) is 26.1 Å². The van der Waals surface area contributed by atoms with Crippen molar-refractivity contribution in [3.05, 3.63) is 64.6 Å². The van der Waals surface area contributed by atoms with Gasteiger partial charge in [-0.2, -0.15) is 10.2 Å². The Labute approximate surface area is 370 Å². The van der Waals surface area contributed by atoms with Crippen molar-refractivity contribution in [3.8, 4) is 0 Å². The largest absolute Gasteiger partial charge is 0.374 e. The Bertz CT molecular complexity index is 2720. The number of imidazole rings is 1. The number of morpholine rings is 1. The Kier molecular flexibility index (Phi) is 10.7. The first-order valence-corrected chi connectivity index (χ1v) is 22.7. The van der Waals surface area contributed by atoms with Crippen LogP contribution in [0.15, 0.2) is 47.7 Å². The Morgan fingerprint density at radius 1 is 1.03 bits per heavy atom. The molecule has 5 atom stereocenters. The third-order valence-corrected chi connectivity index (χ3v) is 14.4. The minimum atomic E-state index is -2.90. The predicted molar refractivity (Wildman–Crippen MR) is 230 cm³/mol. The maximum absolute atomic E-state index is 15.7. The fraction of sp³-hybridized carbons (Fsp3) is 0.568. The summed E-state index contributed by atoms with van der Waals surface area (Å²) in [4.78, 5) is 62.5. The van der Waals surface area contributed by atoms with Gasteiger partial charge in [-0.25, -0.2) is 27.5 Å². The molecule has 9 heterocycles. The van der Waals surface area contributed by atoms with Crippen molar-refractivity contribution in [2.24, 2.45) is 13.0 Å². The summed E-state index contributed by atoms with van der Waals surface area (Å²) in [6, 6.07) is 6.77. The number of ether oxygens (including phenoxy) is 2. The highest BCUT2D eigenvalue weighted by atomic mass is 19.3. The van der Waals surface area contributed by atoms with E-state index in [2.05, 4.69) is 35.5 Å². The van der Waals surface area contributed by atoms with E-state index in [0.29, 0.717) is 73.9 Å². The molecule has 21 heteroatoms. The minimum absolute atomic E-state index is 0.0450. The monoisotopic (exact) mass is 900 g/mol. The fourth-order valence-electron chi connectivity index (χ4n) is 11.0. The SMILES string of the molecule is Cn1c(=O)n(C2CCC(=O)NC2=O)c2cccc(N3CC(O[C@H]4CCN(CC5CCC(n6cc(NC(=O)c7cnn8ccc(N9C[C@H]%10C[C@@H]9CO%10)nc78)c(C(F)F)n6)CC5)C[C@@H]4F)C3)c21. The molecule has 11 rings (SSSR count). The second-order valence-corrected chi connectivity index (χ2v) is 18.5. The average molecular weight is 901 g/mol. The van der Waals surface area contributed by atoms with Gasteiger partial charge in [-0.3, -0.25) is 38.4 Å². The molecule has 5 aromatic rings. The highest BCUT2D eigenvalue weighted by Gasteiger charge is 2.41. The first-order chi connectivity index (χ1) is 31.4. The predicted octanol–water partition coefficient (Wildman–Crippen LogP) is 3.77. The number of anilines is 3. The molecule has 1 saturated carbocycles. The normalized spacial score (nSPS) is 27.6. The average Bonchev–Trinajstić information content (AvgIpc) is 4.13. The van der Waals surface area contributed by atoms with E-state index in [0.717, 1.165) is 38.0 Å². The molecule has 3 amide bonds. The van der Waals surface area contributed by atoms with Crippen molar-refractivity contribution in [2.45, 2.75) is 100 Å². The second-order valence-electron chi connectivity index (χ2n) is 18.5. The van der Waals surface area contributed by atoms with Gasteiger partial charge in [0.25, 0.3) is 12.3 Å². The van der Waals surface area contributed by atoms with E-state index in [9.17, 15) is 28.0 Å². The van der Waals surface area contributed by atoms with Gasteiger partial charge >= 0.3 is 5.69 Å². The van der Waals surface area contributed by atoms with E-state index in [1.807, 2.05) is 18.2 Å². The lowest BCUT2D eigenvalue weighted by Crippen LogP contribution is -2.56. The molecule has 18 nitrogen and oxygen atoms in total. The molecule has 5 saturated heterocycles. The number of nitrogens with one attached hydrogen (secondary N) is 2. The minimum Gasteiger partial charge on any atom is -0.374 e. The van der Waals surface area contributed by atoms with Crippen LogP contribution < -0.4 is 26.1 Å². The zero-order chi connectivity index (χ0) is 44.7. The third kappa shape index (κ3) is 7.63. The number of aromatic nitrogens is 7. The van der Waals surface area contributed by atoms with E-state index in [1.54, 1.807) is 24.0 Å². The number of amides is 3. The van der Waals surface area contributed by atoms with Gasteiger partial charge in [0.1, 0.15) is 23.6 Å². The number of aryl methyl sites for hydroxylation is 1. The third-order valence-electron chi connectivity index (χ3n) is 14.4. The highest BCUT2D eigenvalue weighted by molar-refractivity contribution is 6.08. The van der Waals surface area contributed by atoms with Crippen LogP contribution in [0.5, 0.6) is 0 Å². The number of hydrogen-bond acceptors (Lipinski definition) is 12. The van der Waals surface area contributed by atoms with Gasteiger partial charge in [-0.15, -0.1) is 0 Å². The van der Waals surface area contributed by atoms with E-state index in [1.165, 1.54) is 26.0 Å². The molecule has 1 aliphatic carbocycles. The number of imide groups is 1. The number of likely N-dealkylation sites (tertiary alicyclic amines) is 1. The first-order valence-electron chi connectivity index (χ1n) is 22.7. The number of carbonyl (C=O) groups is 3. The molecule has 4 aromatic heterocycles. The summed E-state index contributed by atoms with van der Waals surface area (Å²) < 4.78 is 62.4. The van der Waals surface area contributed by atoms with E-state index in [4.69, 9.17) is 14.5 Å². The smallest absolute Gasteiger partial charge is 0.329 e. The molecule has 344 valence electrons. The van der Waals surface area contributed by atoms with E-state index in [-0.39, 0.29) is 66.5 Å². The highest BCUT2D eigenvalue weighted by Crippen LogP contribution is 2.38. The van der Waals surface area contributed by atoms with Crippen LogP contribution in [0.3, 0.4) is 0 Å². The lowest BCUT2D eigenvalue weighted by atomic mass is 9.85. The molecular formula is C44H51F3N12O6. The van der Waals surface area contributed by atoms with Crippen molar-refractivity contribution in [1.29, 1.82) is 0 Å². The number of halogens is 3. The van der Waals surface area contributed by atoms with Crippen LogP contribution in [0.2, 0.25) is 0 Å². The first kappa shape index (κ1) is 41.9. The molecular weight excluding hydrogens is 850 g/mol. The summed E-state index contributed by atoms with van der Waals surface area (Å²) in [6.07, 6.45) is 5.05. The lowest BCUT2D eigenvalue weighted by Gasteiger charge is -2.45. The molecule has 6 fully saturated rings. The van der Waals surface area contributed by atoms with Gasteiger partial charge in [-0.05, 0) is 69.1 Å². The number of rotatable bonds is 11. The number of nitrogens with zero attached hydrogens (tertiary/aromatic N) is 10. The van der Waals surface area contributed by atoms with Crippen molar-refractivity contribution >= 4 is 51.6 Å². The lowest BCUT2D eigenvalue weighted by molar-refractivity contribution is -0.135. The van der Waals surface area contributed by atoms with Gasteiger partial charge in [0, 0.05) is 65.1 Å². The van der Waals surface area contributed by atoms with Crippen LogP contribution >= 0.6 is 0 Å². The van der Waals surface area contributed by atoms with Crippen LogP contribution in [-0.4, -0.2) is 133 Å². The number of para-hydroxylation sites is 1. The summed E-state index contributed by atoms with van der Waals surface area (Å²) >= 11 is 0. The Morgan fingerprint density at radius 3 is 2.60 bits per heavy atom. The number of alkyl halides is 3. The number of piperidine rings is 2. The van der Waals surface area contributed by atoms with Crippen LogP contribution in [0, 0.1) is 5.92 Å². The Balaban J connectivity index is 0.663. The molecule has 2 N–H and O–H groups in total. The fourth-order valence-corrected chi connectivity index (χ4v) is 11.0. The Hall–Kier alpha value is -5.80. The van der Waals surface area contributed by atoms with E-state index >= 15 is 4.39 Å². The van der Waals surface area contributed by atoms with Gasteiger partial charge < -0.3 is 24.6 Å². The van der Waals surface area contributed by atoms with Crippen LogP contribution in [0.1, 0.15) is 85.9 Å². The van der Waals surface area contributed by atoms with Crippen molar-refractivity contribution in [3.63, 3.8) is 0 Å². The molecule has 2 bridgehead atoms.